The van der Waals surface area contributed by atoms with Gasteiger partial charge in [0.1, 0.15) is 5.75 Å². The van der Waals surface area contributed by atoms with Crippen LogP contribution in [0.5, 0.6) is 5.75 Å². The molecule has 0 N–H and O–H groups in total. The van der Waals surface area contributed by atoms with E-state index in [-0.39, 0.29) is 0 Å². The number of halogens is 1. The van der Waals surface area contributed by atoms with Gasteiger partial charge in [0.15, 0.2) is 6.29 Å². The maximum Gasteiger partial charge on any atom is 0.151 e. The van der Waals surface area contributed by atoms with Crippen LogP contribution in [0.15, 0.2) is 22.7 Å². The standard InChI is InChI=1S/C13H17BrO2/c1-3-10(4-2)9-16-12-5-6-13(14)11(7-12)8-15/h5-8,10H,3-4,9H2,1-2H3. The van der Waals surface area contributed by atoms with Crippen LogP contribution >= 0.6 is 15.9 Å². The summed E-state index contributed by atoms with van der Waals surface area (Å²) in [5, 5.41) is 0. The molecule has 0 fully saturated rings. The third-order valence-corrected chi connectivity index (χ3v) is 3.46. The number of hydrogen-bond donors (Lipinski definition) is 0. The maximum absolute atomic E-state index is 10.7. The van der Waals surface area contributed by atoms with Gasteiger partial charge in [-0.15, -0.1) is 0 Å². The van der Waals surface area contributed by atoms with Crippen LogP contribution in [0.1, 0.15) is 37.0 Å². The summed E-state index contributed by atoms with van der Waals surface area (Å²) in [6.07, 6.45) is 3.06. The number of ether oxygens (including phenoxy) is 1. The Kier molecular flexibility index (Phi) is 5.53. The molecule has 0 aliphatic carbocycles. The zero-order chi connectivity index (χ0) is 12.0. The van der Waals surface area contributed by atoms with E-state index in [9.17, 15) is 4.79 Å². The lowest BCUT2D eigenvalue weighted by Crippen LogP contribution is -2.10. The molecular formula is C13H17BrO2. The minimum atomic E-state index is 0.586. The van der Waals surface area contributed by atoms with Gasteiger partial charge in [-0.3, -0.25) is 4.79 Å². The fourth-order valence-corrected chi connectivity index (χ4v) is 1.78. The van der Waals surface area contributed by atoms with E-state index in [1.165, 1.54) is 0 Å². The van der Waals surface area contributed by atoms with Crippen molar-refractivity contribution in [1.82, 2.24) is 0 Å². The second-order valence-electron chi connectivity index (χ2n) is 3.79. The molecule has 3 heteroatoms. The lowest BCUT2D eigenvalue weighted by Gasteiger charge is -2.14. The second kappa shape index (κ2) is 6.69. The highest BCUT2D eigenvalue weighted by Gasteiger charge is 2.06. The Balaban J connectivity index is 2.64. The van der Waals surface area contributed by atoms with Crippen LogP contribution in [0, 0.1) is 5.92 Å². The van der Waals surface area contributed by atoms with Gasteiger partial charge in [-0.05, 0) is 24.1 Å². The van der Waals surface area contributed by atoms with Crippen molar-refractivity contribution in [2.24, 2.45) is 5.92 Å². The zero-order valence-corrected chi connectivity index (χ0v) is 11.3. The fourth-order valence-electron chi connectivity index (χ4n) is 1.44. The van der Waals surface area contributed by atoms with Crippen molar-refractivity contribution in [2.45, 2.75) is 26.7 Å². The molecule has 0 spiro atoms. The Bertz CT molecular complexity index is 346. The Labute approximate surface area is 105 Å². The Morgan fingerprint density at radius 3 is 2.62 bits per heavy atom. The van der Waals surface area contributed by atoms with E-state index in [1.807, 2.05) is 12.1 Å². The van der Waals surface area contributed by atoms with Gasteiger partial charge in [0.2, 0.25) is 0 Å². The van der Waals surface area contributed by atoms with Gasteiger partial charge in [-0.1, -0.05) is 42.6 Å². The van der Waals surface area contributed by atoms with Crippen LogP contribution in [0.25, 0.3) is 0 Å². The van der Waals surface area contributed by atoms with E-state index in [2.05, 4.69) is 29.8 Å². The van der Waals surface area contributed by atoms with E-state index in [4.69, 9.17) is 4.74 Å². The monoisotopic (exact) mass is 284 g/mol. The highest BCUT2D eigenvalue weighted by molar-refractivity contribution is 9.10. The van der Waals surface area contributed by atoms with Crippen molar-refractivity contribution in [3.63, 3.8) is 0 Å². The van der Waals surface area contributed by atoms with Crippen LogP contribution < -0.4 is 4.74 Å². The number of carbonyl (C=O) groups is 1. The van der Waals surface area contributed by atoms with Gasteiger partial charge in [0.05, 0.1) is 6.61 Å². The average Bonchev–Trinajstić information content (AvgIpc) is 2.32. The van der Waals surface area contributed by atoms with Gasteiger partial charge >= 0.3 is 0 Å². The number of carbonyl (C=O) groups excluding carboxylic acids is 1. The number of rotatable bonds is 6. The van der Waals surface area contributed by atoms with Gasteiger partial charge in [0.25, 0.3) is 0 Å². The SMILES string of the molecule is CCC(CC)COc1ccc(Br)c(C=O)c1. The van der Waals surface area contributed by atoms with E-state index in [1.54, 1.807) is 6.07 Å². The molecule has 1 aromatic carbocycles. The number of benzene rings is 1. The molecule has 0 amide bonds. The summed E-state index contributed by atoms with van der Waals surface area (Å²) >= 11 is 3.31. The Morgan fingerprint density at radius 2 is 2.06 bits per heavy atom. The van der Waals surface area contributed by atoms with E-state index < -0.39 is 0 Å². The molecule has 0 atom stereocenters. The summed E-state index contributed by atoms with van der Waals surface area (Å²) in [6.45, 7) is 5.04. The lowest BCUT2D eigenvalue weighted by atomic mass is 10.1. The minimum absolute atomic E-state index is 0.586. The van der Waals surface area contributed by atoms with Gasteiger partial charge in [-0.25, -0.2) is 0 Å². The molecule has 0 saturated carbocycles. The van der Waals surface area contributed by atoms with Gasteiger partial charge in [-0.2, -0.15) is 0 Å². The third-order valence-electron chi connectivity index (χ3n) is 2.73. The quantitative estimate of drug-likeness (QED) is 0.736. The molecule has 0 heterocycles. The maximum atomic E-state index is 10.7. The van der Waals surface area contributed by atoms with Gasteiger partial charge < -0.3 is 4.74 Å². The van der Waals surface area contributed by atoms with Crippen molar-refractivity contribution in [1.29, 1.82) is 0 Å². The Morgan fingerprint density at radius 1 is 1.38 bits per heavy atom. The molecular weight excluding hydrogens is 268 g/mol. The zero-order valence-electron chi connectivity index (χ0n) is 9.70. The molecule has 0 bridgehead atoms. The molecule has 0 unspecified atom stereocenters. The van der Waals surface area contributed by atoms with E-state index in [0.717, 1.165) is 29.4 Å². The van der Waals surface area contributed by atoms with Crippen molar-refractivity contribution < 1.29 is 9.53 Å². The summed E-state index contributed by atoms with van der Waals surface area (Å²) in [5.74, 6) is 1.35. The highest BCUT2D eigenvalue weighted by Crippen LogP contribution is 2.22. The molecule has 88 valence electrons. The first-order valence-corrected chi connectivity index (χ1v) is 6.38. The minimum Gasteiger partial charge on any atom is -0.493 e. The normalized spacial score (nSPS) is 10.5. The van der Waals surface area contributed by atoms with Crippen molar-refractivity contribution in [3.05, 3.63) is 28.2 Å². The third kappa shape index (κ3) is 3.63. The molecule has 2 nitrogen and oxygen atoms in total. The summed E-state index contributed by atoms with van der Waals surface area (Å²) in [5.41, 5.74) is 0.627. The Hall–Kier alpha value is -0.830. The van der Waals surface area contributed by atoms with Crippen LogP contribution in [0.3, 0.4) is 0 Å². The van der Waals surface area contributed by atoms with Gasteiger partial charge in [0, 0.05) is 10.0 Å². The molecule has 0 aliphatic heterocycles. The van der Waals surface area contributed by atoms with Crippen molar-refractivity contribution in [3.8, 4) is 5.75 Å². The smallest absolute Gasteiger partial charge is 0.151 e. The van der Waals surface area contributed by atoms with Crippen molar-refractivity contribution in [2.75, 3.05) is 6.61 Å². The van der Waals surface area contributed by atoms with E-state index in [0.29, 0.717) is 18.1 Å². The first-order valence-electron chi connectivity index (χ1n) is 5.58. The molecule has 0 saturated heterocycles. The van der Waals surface area contributed by atoms with Crippen LogP contribution in [0.2, 0.25) is 0 Å². The summed E-state index contributed by atoms with van der Waals surface area (Å²) < 4.78 is 6.47. The largest absolute Gasteiger partial charge is 0.493 e. The second-order valence-corrected chi connectivity index (χ2v) is 4.65. The first kappa shape index (κ1) is 13.2. The predicted octanol–water partition coefficient (Wildman–Crippen LogP) is 4.08. The van der Waals surface area contributed by atoms with Crippen molar-refractivity contribution >= 4 is 22.2 Å². The topological polar surface area (TPSA) is 26.3 Å². The summed E-state index contributed by atoms with van der Waals surface area (Å²) in [7, 11) is 0. The molecule has 0 aromatic heterocycles. The summed E-state index contributed by atoms with van der Waals surface area (Å²) in [6, 6.07) is 5.48. The van der Waals surface area contributed by atoms with E-state index >= 15 is 0 Å². The molecule has 0 radical (unpaired) electrons. The average molecular weight is 285 g/mol. The van der Waals surface area contributed by atoms with Crippen LogP contribution in [-0.4, -0.2) is 12.9 Å². The molecule has 16 heavy (non-hydrogen) atoms. The predicted molar refractivity (Wildman–Crippen MR) is 69.1 cm³/mol. The number of hydrogen-bond acceptors (Lipinski definition) is 2. The first-order chi connectivity index (χ1) is 7.71. The molecule has 0 aliphatic rings. The molecule has 1 rings (SSSR count). The van der Waals surface area contributed by atoms with Crippen LogP contribution in [0.4, 0.5) is 0 Å². The number of aldehydes is 1. The molecule has 1 aromatic rings. The fraction of sp³-hybridized carbons (Fsp3) is 0.462. The lowest BCUT2D eigenvalue weighted by molar-refractivity contribution is 0.112. The summed E-state index contributed by atoms with van der Waals surface area (Å²) in [4.78, 5) is 10.7. The highest BCUT2D eigenvalue weighted by atomic mass is 79.9. The van der Waals surface area contributed by atoms with Crippen LogP contribution in [-0.2, 0) is 0 Å².